The van der Waals surface area contributed by atoms with Gasteiger partial charge in [0.15, 0.2) is 5.03 Å². The zero-order valence-electron chi connectivity index (χ0n) is 13.2. The Labute approximate surface area is 126 Å². The number of H-pyrrole nitrogens is 1. The Bertz CT molecular complexity index is 583. The third-order valence-corrected chi connectivity index (χ3v) is 6.01. The number of aromatic nitrogens is 2. The van der Waals surface area contributed by atoms with Crippen LogP contribution in [0, 0.1) is 6.92 Å². The van der Waals surface area contributed by atoms with Crippen LogP contribution in [0.3, 0.4) is 0 Å². The zero-order valence-corrected chi connectivity index (χ0v) is 14.0. The van der Waals surface area contributed by atoms with Crippen LogP contribution in [-0.2, 0) is 16.6 Å². The number of nitrogens with zero attached hydrogens (tertiary/aromatic N) is 3. The van der Waals surface area contributed by atoms with Gasteiger partial charge in [0.2, 0.25) is 0 Å². The summed E-state index contributed by atoms with van der Waals surface area (Å²) in [5, 5.41) is 9.96. The molecule has 0 aliphatic carbocycles. The van der Waals surface area contributed by atoms with Gasteiger partial charge in [-0.25, -0.2) is 8.42 Å². The van der Waals surface area contributed by atoms with Crippen LogP contribution in [0.15, 0.2) is 5.03 Å². The van der Waals surface area contributed by atoms with E-state index in [0.29, 0.717) is 12.1 Å². The molecular weight excluding hydrogens is 290 g/mol. The maximum atomic E-state index is 12.8. The second-order valence-corrected chi connectivity index (χ2v) is 7.65. The van der Waals surface area contributed by atoms with E-state index in [-0.39, 0.29) is 11.1 Å². The van der Waals surface area contributed by atoms with Crippen molar-refractivity contribution in [3.05, 3.63) is 11.3 Å². The lowest BCUT2D eigenvalue weighted by Gasteiger charge is -2.34. The summed E-state index contributed by atoms with van der Waals surface area (Å²) in [5.74, 6) is 0. The molecule has 7 nitrogen and oxygen atoms in total. The van der Waals surface area contributed by atoms with Gasteiger partial charge < -0.3 is 10.2 Å². The molecule has 1 unspecified atom stereocenters. The molecule has 120 valence electrons. The summed E-state index contributed by atoms with van der Waals surface area (Å²) in [6.07, 6.45) is 1.91. The first-order valence-electron chi connectivity index (χ1n) is 7.23. The highest BCUT2D eigenvalue weighted by atomic mass is 32.2. The van der Waals surface area contributed by atoms with Gasteiger partial charge in [0.1, 0.15) is 0 Å². The molecular formula is C13H25N5O2S. The maximum absolute atomic E-state index is 12.8. The summed E-state index contributed by atoms with van der Waals surface area (Å²) < 4.78 is 27.2. The summed E-state index contributed by atoms with van der Waals surface area (Å²) in [6, 6.07) is 0.00759. The molecule has 2 N–H and O–H groups in total. The van der Waals surface area contributed by atoms with E-state index in [1.807, 2.05) is 14.0 Å². The predicted molar refractivity (Wildman–Crippen MR) is 81.6 cm³/mol. The highest BCUT2D eigenvalue weighted by molar-refractivity contribution is 7.89. The lowest BCUT2D eigenvalue weighted by molar-refractivity contribution is 0.187. The lowest BCUT2D eigenvalue weighted by atomic mass is 10.1. The molecule has 0 bridgehead atoms. The van der Waals surface area contributed by atoms with Crippen molar-refractivity contribution >= 4 is 10.0 Å². The molecule has 0 radical (unpaired) electrons. The van der Waals surface area contributed by atoms with Gasteiger partial charge in [0.25, 0.3) is 10.0 Å². The van der Waals surface area contributed by atoms with E-state index in [2.05, 4.69) is 20.4 Å². The first-order valence-corrected chi connectivity index (χ1v) is 8.67. The molecule has 8 heteroatoms. The molecule has 1 aliphatic rings. The van der Waals surface area contributed by atoms with Gasteiger partial charge in [-0.05, 0) is 40.4 Å². The molecule has 0 amide bonds. The smallest absolute Gasteiger partial charge is 0.262 e. The highest BCUT2D eigenvalue weighted by Crippen LogP contribution is 2.24. The Kier molecular flexibility index (Phi) is 5.03. The standard InChI is InChI=1S/C13H25N5O2S/c1-10-12(8-14-2)13(16-15-10)21(19,20)18(4)11-6-5-7-17(3)9-11/h11,14H,5-9H2,1-4H3,(H,15,16). The van der Waals surface area contributed by atoms with Crippen molar-refractivity contribution in [1.29, 1.82) is 0 Å². The number of hydrogen-bond donors (Lipinski definition) is 2. The van der Waals surface area contributed by atoms with Gasteiger partial charge in [0.05, 0.1) is 0 Å². The minimum Gasteiger partial charge on any atom is -0.316 e. The molecule has 1 aromatic rings. The lowest BCUT2D eigenvalue weighted by Crippen LogP contribution is -2.47. The number of likely N-dealkylation sites (N-methyl/N-ethyl adjacent to an activating group) is 2. The topological polar surface area (TPSA) is 81.3 Å². The largest absolute Gasteiger partial charge is 0.316 e. The Hall–Kier alpha value is -0.960. The molecule has 0 aromatic carbocycles. The molecule has 1 fully saturated rings. The predicted octanol–water partition coefficient (Wildman–Crippen LogP) is 0.152. The Balaban J connectivity index is 2.28. The van der Waals surface area contributed by atoms with Crippen LogP contribution in [-0.4, -0.2) is 68.1 Å². The first-order chi connectivity index (χ1) is 9.87. The number of nitrogens with one attached hydrogen (secondary N) is 2. The van der Waals surface area contributed by atoms with Gasteiger partial charge >= 0.3 is 0 Å². The van der Waals surface area contributed by atoms with Crippen molar-refractivity contribution in [2.45, 2.75) is 37.4 Å². The van der Waals surface area contributed by atoms with Crippen molar-refractivity contribution < 1.29 is 8.42 Å². The molecule has 21 heavy (non-hydrogen) atoms. The fourth-order valence-electron chi connectivity index (χ4n) is 2.80. The van der Waals surface area contributed by atoms with Crippen LogP contribution >= 0.6 is 0 Å². The van der Waals surface area contributed by atoms with Gasteiger partial charge in [-0.15, -0.1) is 0 Å². The Morgan fingerprint density at radius 1 is 1.52 bits per heavy atom. The number of hydrogen-bond acceptors (Lipinski definition) is 5. The van der Waals surface area contributed by atoms with Crippen LogP contribution in [0.4, 0.5) is 0 Å². The summed E-state index contributed by atoms with van der Waals surface area (Å²) in [6.45, 7) is 4.11. The molecule has 1 saturated heterocycles. The van der Waals surface area contributed by atoms with Gasteiger partial charge in [-0.1, -0.05) is 0 Å². The third-order valence-electron chi connectivity index (χ3n) is 4.13. The third kappa shape index (κ3) is 3.28. The van der Waals surface area contributed by atoms with E-state index in [4.69, 9.17) is 0 Å². The van der Waals surface area contributed by atoms with Crippen molar-refractivity contribution in [3.63, 3.8) is 0 Å². The second-order valence-electron chi connectivity index (χ2n) is 5.74. The van der Waals surface area contributed by atoms with Crippen LogP contribution in [0.2, 0.25) is 0 Å². The van der Waals surface area contributed by atoms with E-state index >= 15 is 0 Å². The molecule has 2 rings (SSSR count). The summed E-state index contributed by atoms with van der Waals surface area (Å²) in [4.78, 5) is 2.17. The molecule has 0 saturated carbocycles. The van der Waals surface area contributed by atoms with Crippen molar-refractivity contribution in [3.8, 4) is 0 Å². The van der Waals surface area contributed by atoms with Crippen LogP contribution < -0.4 is 5.32 Å². The van der Waals surface area contributed by atoms with Crippen molar-refractivity contribution in [2.75, 3.05) is 34.2 Å². The molecule has 0 spiro atoms. The summed E-state index contributed by atoms with van der Waals surface area (Å²) in [7, 11) is 1.91. The van der Waals surface area contributed by atoms with Crippen LogP contribution in [0.1, 0.15) is 24.1 Å². The quantitative estimate of drug-likeness (QED) is 0.808. The van der Waals surface area contributed by atoms with E-state index in [9.17, 15) is 8.42 Å². The van der Waals surface area contributed by atoms with E-state index in [1.54, 1.807) is 14.1 Å². The number of likely N-dealkylation sites (tertiary alicyclic amines) is 1. The second kappa shape index (κ2) is 6.43. The van der Waals surface area contributed by atoms with Gasteiger partial charge in [-0.3, -0.25) is 5.10 Å². The van der Waals surface area contributed by atoms with Crippen LogP contribution in [0.5, 0.6) is 0 Å². The normalized spacial score (nSPS) is 21.1. The van der Waals surface area contributed by atoms with Gasteiger partial charge in [-0.2, -0.15) is 9.40 Å². The van der Waals surface area contributed by atoms with Crippen LogP contribution in [0.25, 0.3) is 0 Å². The molecule has 1 atom stereocenters. The van der Waals surface area contributed by atoms with Crippen molar-refractivity contribution in [2.24, 2.45) is 0 Å². The first kappa shape index (κ1) is 16.4. The maximum Gasteiger partial charge on any atom is 0.262 e. The molecule has 2 heterocycles. The average Bonchev–Trinajstić information content (AvgIpc) is 2.80. The molecule has 1 aromatic heterocycles. The average molecular weight is 315 g/mol. The minimum absolute atomic E-state index is 0.00759. The molecule has 1 aliphatic heterocycles. The summed E-state index contributed by atoms with van der Waals surface area (Å²) in [5.41, 5.74) is 1.51. The monoisotopic (exact) mass is 315 g/mol. The number of piperidine rings is 1. The Morgan fingerprint density at radius 3 is 2.86 bits per heavy atom. The van der Waals surface area contributed by atoms with E-state index in [1.165, 1.54) is 4.31 Å². The van der Waals surface area contributed by atoms with E-state index in [0.717, 1.165) is 31.6 Å². The number of aromatic amines is 1. The highest BCUT2D eigenvalue weighted by Gasteiger charge is 2.34. The minimum atomic E-state index is -3.57. The SMILES string of the molecule is CNCc1c(S(=O)(=O)N(C)C2CCCN(C)C2)n[nH]c1C. The number of sulfonamides is 1. The fraction of sp³-hybridized carbons (Fsp3) is 0.769. The Morgan fingerprint density at radius 2 is 2.24 bits per heavy atom. The zero-order chi connectivity index (χ0) is 15.6. The van der Waals surface area contributed by atoms with E-state index < -0.39 is 10.0 Å². The number of aryl methyl sites for hydroxylation is 1. The fourth-order valence-corrected chi connectivity index (χ4v) is 4.33. The van der Waals surface area contributed by atoms with Gasteiger partial charge in [0, 0.05) is 37.4 Å². The number of rotatable bonds is 5. The summed E-state index contributed by atoms with van der Waals surface area (Å²) >= 11 is 0. The van der Waals surface area contributed by atoms with Crippen molar-refractivity contribution in [1.82, 2.24) is 24.7 Å².